The Bertz CT molecular complexity index is 941. The Kier molecular flexibility index (Phi) is 8.67. The van der Waals surface area contributed by atoms with E-state index in [4.69, 9.17) is 9.47 Å². The molecule has 0 saturated carbocycles. The molecule has 0 spiro atoms. The van der Waals surface area contributed by atoms with Crippen molar-refractivity contribution in [2.45, 2.75) is 63.0 Å². The monoisotopic (exact) mass is 502 g/mol. The van der Waals surface area contributed by atoms with Crippen LogP contribution in [0.5, 0.6) is 0 Å². The quantitative estimate of drug-likeness (QED) is 0.305. The van der Waals surface area contributed by atoms with Gasteiger partial charge in [-0.2, -0.15) is 26.3 Å². The highest BCUT2D eigenvalue weighted by Gasteiger charge is 2.41. The summed E-state index contributed by atoms with van der Waals surface area (Å²) in [5.41, 5.74) is -2.27. The zero-order valence-electron chi connectivity index (χ0n) is 19.1. The third-order valence-electron chi connectivity index (χ3n) is 6.25. The fourth-order valence-corrected chi connectivity index (χ4v) is 4.44. The topological polar surface area (TPSA) is 38.7 Å². The van der Waals surface area contributed by atoms with Crippen molar-refractivity contribution in [1.29, 1.82) is 0 Å². The average Bonchev–Trinajstić information content (AvgIpc) is 2.81. The van der Waals surface area contributed by atoms with Gasteiger partial charge in [-0.3, -0.25) is 0 Å². The number of allylic oxidation sites excluding steroid dienone is 1. The number of rotatable bonds is 8. The van der Waals surface area contributed by atoms with Crippen molar-refractivity contribution in [3.05, 3.63) is 83.4 Å². The Labute approximate surface area is 200 Å². The van der Waals surface area contributed by atoms with Gasteiger partial charge in [0.1, 0.15) is 0 Å². The molecule has 1 fully saturated rings. The maximum Gasteiger partial charge on any atom is 0.416 e. The number of hydrogen-bond acceptors (Lipinski definition) is 3. The second kappa shape index (κ2) is 11.1. The van der Waals surface area contributed by atoms with Crippen LogP contribution in [-0.2, 0) is 21.8 Å². The molecular formula is C26H28F6O3. The molecule has 35 heavy (non-hydrogen) atoms. The first-order valence-corrected chi connectivity index (χ1v) is 11.3. The van der Waals surface area contributed by atoms with Crippen LogP contribution in [-0.4, -0.2) is 24.1 Å². The molecule has 1 saturated heterocycles. The Balaban J connectivity index is 1.94. The molecule has 1 heterocycles. The minimum absolute atomic E-state index is 0.0894. The van der Waals surface area contributed by atoms with E-state index in [1.807, 2.05) is 18.2 Å². The number of benzene rings is 2. The number of aliphatic hydroxyl groups is 1. The van der Waals surface area contributed by atoms with Crippen molar-refractivity contribution in [2.75, 3.05) is 6.61 Å². The van der Waals surface area contributed by atoms with Crippen LogP contribution in [0.1, 0.15) is 60.5 Å². The Hall–Kier alpha value is -2.36. The van der Waals surface area contributed by atoms with Gasteiger partial charge < -0.3 is 14.6 Å². The van der Waals surface area contributed by atoms with Crippen molar-refractivity contribution in [3.63, 3.8) is 0 Å². The maximum atomic E-state index is 13.3. The molecule has 0 aliphatic carbocycles. The van der Waals surface area contributed by atoms with E-state index in [0.29, 0.717) is 31.4 Å². The molecule has 3 nitrogen and oxygen atoms in total. The molecule has 1 aliphatic heterocycles. The summed E-state index contributed by atoms with van der Waals surface area (Å²) >= 11 is 0. The van der Waals surface area contributed by atoms with E-state index in [2.05, 4.69) is 6.58 Å². The highest BCUT2D eigenvalue weighted by atomic mass is 19.4. The number of halogens is 6. The maximum absolute atomic E-state index is 13.3. The summed E-state index contributed by atoms with van der Waals surface area (Å²) in [6, 6.07) is 10.5. The first-order chi connectivity index (χ1) is 16.4. The molecule has 5 atom stereocenters. The molecule has 3 rings (SSSR count). The summed E-state index contributed by atoms with van der Waals surface area (Å²) in [6.45, 7) is 5.29. The fourth-order valence-electron chi connectivity index (χ4n) is 4.44. The van der Waals surface area contributed by atoms with Gasteiger partial charge in [-0.15, -0.1) is 6.58 Å². The average molecular weight is 502 g/mol. The molecule has 1 N–H and O–H groups in total. The van der Waals surface area contributed by atoms with Crippen LogP contribution in [0.15, 0.2) is 61.2 Å². The third kappa shape index (κ3) is 6.86. The number of hydrogen-bond donors (Lipinski definition) is 1. The molecule has 0 radical (unpaired) electrons. The predicted molar refractivity (Wildman–Crippen MR) is 118 cm³/mol. The first-order valence-electron chi connectivity index (χ1n) is 11.3. The van der Waals surface area contributed by atoms with Gasteiger partial charge in [0.25, 0.3) is 0 Å². The summed E-state index contributed by atoms with van der Waals surface area (Å²) in [7, 11) is 0. The van der Waals surface area contributed by atoms with Crippen LogP contribution in [0.4, 0.5) is 26.3 Å². The van der Waals surface area contributed by atoms with Crippen molar-refractivity contribution < 1.29 is 40.9 Å². The second-order valence-corrected chi connectivity index (χ2v) is 8.68. The standard InChI is InChI=1S/C26H28F6O3/c1-3-4-10-22(33)21-11-12-34-24(23(21)17-8-6-5-7-9-17)35-16(2)18-13-19(25(27,28)29)15-20(14-18)26(30,31)32/h3,5-9,13-16,21-24,33H,1,4,10-12H2,2H3/t16-,21+,22?,23+,24-/m1/s1. The SMILES string of the molecule is C=CCCC(O)[C@@H]1CCO[C@H](O[C@H](C)c2cc(C(F)(F)F)cc(C(F)(F)F)c2)[C@H]1c1ccccc1. The molecule has 2 aromatic rings. The van der Waals surface area contributed by atoms with Gasteiger partial charge in [-0.25, -0.2) is 0 Å². The second-order valence-electron chi connectivity index (χ2n) is 8.68. The lowest BCUT2D eigenvalue weighted by atomic mass is 9.77. The predicted octanol–water partition coefficient (Wildman–Crippen LogP) is 7.28. The van der Waals surface area contributed by atoms with E-state index in [1.54, 1.807) is 18.2 Å². The van der Waals surface area contributed by atoms with Gasteiger partial charge in [-0.1, -0.05) is 36.4 Å². The normalized spacial score (nSPS) is 23.0. The van der Waals surface area contributed by atoms with Crippen molar-refractivity contribution in [2.24, 2.45) is 5.92 Å². The molecule has 9 heteroatoms. The minimum atomic E-state index is -4.95. The third-order valence-corrected chi connectivity index (χ3v) is 6.25. The number of aliphatic hydroxyl groups excluding tert-OH is 1. The number of alkyl halides is 6. The van der Waals surface area contributed by atoms with Gasteiger partial charge in [0, 0.05) is 5.92 Å². The summed E-state index contributed by atoms with van der Waals surface area (Å²) in [5, 5.41) is 10.8. The smallest absolute Gasteiger partial charge is 0.393 e. The molecule has 1 aliphatic rings. The summed E-state index contributed by atoms with van der Waals surface area (Å²) < 4.78 is 91.7. The lowest BCUT2D eigenvalue weighted by molar-refractivity contribution is -0.217. The van der Waals surface area contributed by atoms with Crippen molar-refractivity contribution >= 4 is 0 Å². The first kappa shape index (κ1) is 27.2. The van der Waals surface area contributed by atoms with Gasteiger partial charge >= 0.3 is 12.4 Å². The van der Waals surface area contributed by atoms with Crippen LogP contribution in [0.2, 0.25) is 0 Å². The van der Waals surface area contributed by atoms with E-state index in [1.165, 1.54) is 6.92 Å². The van der Waals surface area contributed by atoms with E-state index < -0.39 is 47.9 Å². The Morgan fingerprint density at radius 3 is 2.20 bits per heavy atom. The van der Waals surface area contributed by atoms with Gasteiger partial charge in [0.2, 0.25) is 0 Å². The number of ether oxygens (including phenoxy) is 2. The summed E-state index contributed by atoms with van der Waals surface area (Å²) in [4.78, 5) is 0. The minimum Gasteiger partial charge on any atom is -0.393 e. The van der Waals surface area contributed by atoms with Crippen LogP contribution < -0.4 is 0 Å². The van der Waals surface area contributed by atoms with E-state index >= 15 is 0 Å². The van der Waals surface area contributed by atoms with Gasteiger partial charge in [-0.05, 0) is 61.4 Å². The zero-order chi connectivity index (χ0) is 25.8. The van der Waals surface area contributed by atoms with Crippen molar-refractivity contribution in [1.82, 2.24) is 0 Å². The highest BCUT2D eigenvalue weighted by Crippen LogP contribution is 2.42. The zero-order valence-corrected chi connectivity index (χ0v) is 19.1. The largest absolute Gasteiger partial charge is 0.416 e. The summed E-state index contributed by atoms with van der Waals surface area (Å²) in [6.07, 6.45) is -9.47. The van der Waals surface area contributed by atoms with E-state index in [9.17, 15) is 31.4 Å². The fraction of sp³-hybridized carbons (Fsp3) is 0.462. The molecule has 0 aromatic heterocycles. The Morgan fingerprint density at radius 1 is 1.06 bits per heavy atom. The molecule has 1 unspecified atom stereocenters. The molecule has 192 valence electrons. The molecule has 2 aromatic carbocycles. The van der Waals surface area contributed by atoms with Crippen LogP contribution in [0.3, 0.4) is 0 Å². The Morgan fingerprint density at radius 2 is 1.66 bits per heavy atom. The lowest BCUT2D eigenvalue weighted by Gasteiger charge is -2.41. The van der Waals surface area contributed by atoms with Crippen LogP contribution in [0.25, 0.3) is 0 Å². The van der Waals surface area contributed by atoms with E-state index in [-0.39, 0.29) is 24.2 Å². The van der Waals surface area contributed by atoms with Crippen LogP contribution >= 0.6 is 0 Å². The van der Waals surface area contributed by atoms with Gasteiger partial charge in [0.05, 0.1) is 29.9 Å². The highest BCUT2D eigenvalue weighted by molar-refractivity contribution is 5.35. The summed E-state index contributed by atoms with van der Waals surface area (Å²) in [5.74, 6) is -0.754. The van der Waals surface area contributed by atoms with Crippen molar-refractivity contribution in [3.8, 4) is 0 Å². The van der Waals surface area contributed by atoms with E-state index in [0.717, 1.165) is 5.56 Å². The molecule has 0 bridgehead atoms. The molecule has 0 amide bonds. The van der Waals surface area contributed by atoms with Crippen LogP contribution in [0, 0.1) is 5.92 Å². The lowest BCUT2D eigenvalue weighted by Crippen LogP contribution is -2.42. The van der Waals surface area contributed by atoms with Gasteiger partial charge in [0.15, 0.2) is 6.29 Å². The molecular weight excluding hydrogens is 474 g/mol.